The van der Waals surface area contributed by atoms with E-state index in [0.717, 1.165) is 7.78 Å². The molecule has 0 bridgehead atoms. The minimum absolute atomic E-state index is 0.859. The molecule has 2 heteroatoms. The molecule has 0 aliphatic heterocycles. The molecule has 0 N–H and O–H groups in total. The van der Waals surface area contributed by atoms with Gasteiger partial charge in [-0.25, -0.2) is 0 Å². The third-order valence-corrected chi connectivity index (χ3v) is 1.89. The summed E-state index contributed by atoms with van der Waals surface area (Å²) in [5.74, 6) is 0. The Kier molecular flexibility index (Phi) is 6.53. The zero-order chi connectivity index (χ0) is 4.83. The van der Waals surface area contributed by atoms with Crippen LogP contribution in [0, 0.1) is 0 Å². The lowest BCUT2D eigenvalue weighted by Crippen LogP contribution is -1.67. The van der Waals surface area contributed by atoms with E-state index in [1.807, 2.05) is 0 Å². The van der Waals surface area contributed by atoms with Crippen molar-refractivity contribution in [3.8, 4) is 0 Å². The van der Waals surface area contributed by atoms with E-state index in [2.05, 4.69) is 19.2 Å². The Labute approximate surface area is 46.7 Å². The van der Waals surface area contributed by atoms with Crippen molar-refractivity contribution in [2.45, 2.75) is 19.8 Å². The zero-order valence-electron chi connectivity index (χ0n) is 4.07. The fourth-order valence-electron chi connectivity index (χ4n) is 0.256. The van der Waals surface area contributed by atoms with Crippen molar-refractivity contribution < 1.29 is 0 Å². The maximum atomic E-state index is 4.08. The molecule has 0 rings (SSSR count). The quantitative estimate of drug-likeness (QED) is 0.331. The Morgan fingerprint density at radius 3 is 2.50 bits per heavy atom. The SMILES string of the molecule is CCCCPS. The van der Waals surface area contributed by atoms with Crippen LogP contribution in [-0.4, -0.2) is 6.16 Å². The second-order valence-corrected chi connectivity index (χ2v) is 3.03. The van der Waals surface area contributed by atoms with Gasteiger partial charge in [0.2, 0.25) is 0 Å². The molecule has 0 fully saturated rings. The van der Waals surface area contributed by atoms with Crippen LogP contribution in [0.15, 0.2) is 0 Å². The molecule has 0 saturated carbocycles. The average molecular weight is 122 g/mol. The van der Waals surface area contributed by atoms with Crippen molar-refractivity contribution in [2.75, 3.05) is 6.16 Å². The minimum Gasteiger partial charge on any atom is -0.155 e. The van der Waals surface area contributed by atoms with E-state index in [4.69, 9.17) is 0 Å². The van der Waals surface area contributed by atoms with Gasteiger partial charge in [-0.1, -0.05) is 21.1 Å². The van der Waals surface area contributed by atoms with Gasteiger partial charge in [0.1, 0.15) is 0 Å². The van der Waals surface area contributed by atoms with Crippen LogP contribution in [0.25, 0.3) is 0 Å². The summed E-state index contributed by atoms with van der Waals surface area (Å²) < 4.78 is 0. The molecule has 0 aromatic rings. The molecule has 1 atom stereocenters. The van der Waals surface area contributed by atoms with Crippen LogP contribution in [0.5, 0.6) is 0 Å². The summed E-state index contributed by atoms with van der Waals surface area (Å²) >= 11 is 4.08. The van der Waals surface area contributed by atoms with Gasteiger partial charge in [-0.3, -0.25) is 0 Å². The van der Waals surface area contributed by atoms with Gasteiger partial charge >= 0.3 is 0 Å². The van der Waals surface area contributed by atoms with Crippen molar-refractivity contribution >= 4 is 20.0 Å². The Bertz CT molecular complexity index is 19.5. The van der Waals surface area contributed by atoms with Gasteiger partial charge in [-0.05, 0) is 12.6 Å². The maximum Gasteiger partial charge on any atom is -0.0263 e. The van der Waals surface area contributed by atoms with Gasteiger partial charge in [0.05, 0.1) is 0 Å². The lowest BCUT2D eigenvalue weighted by atomic mass is 10.4. The van der Waals surface area contributed by atoms with Gasteiger partial charge in [0.15, 0.2) is 0 Å². The fourth-order valence-corrected chi connectivity index (χ4v) is 1.24. The number of rotatable bonds is 3. The highest BCUT2D eigenvalue weighted by Crippen LogP contribution is 2.15. The van der Waals surface area contributed by atoms with Crippen LogP contribution in [0.4, 0.5) is 0 Å². The first-order chi connectivity index (χ1) is 2.91. The average Bonchev–Trinajstić information content (AvgIpc) is 1.61. The fraction of sp³-hybridized carbons (Fsp3) is 1.00. The lowest BCUT2D eigenvalue weighted by molar-refractivity contribution is 0.896. The van der Waals surface area contributed by atoms with Gasteiger partial charge in [-0.2, -0.15) is 12.2 Å². The van der Waals surface area contributed by atoms with Gasteiger partial charge in [0.25, 0.3) is 0 Å². The van der Waals surface area contributed by atoms with E-state index >= 15 is 0 Å². The highest BCUT2D eigenvalue weighted by Gasteiger charge is 1.75. The van der Waals surface area contributed by atoms with Crippen LogP contribution < -0.4 is 0 Å². The Morgan fingerprint density at radius 2 is 2.33 bits per heavy atom. The molecule has 38 valence electrons. The molecule has 0 aliphatic rings. The smallest absolute Gasteiger partial charge is 0.0263 e. The van der Waals surface area contributed by atoms with E-state index in [0.29, 0.717) is 0 Å². The summed E-state index contributed by atoms with van der Waals surface area (Å²) in [6.07, 6.45) is 3.97. The molecule has 0 aliphatic carbocycles. The molecule has 0 amide bonds. The van der Waals surface area contributed by atoms with E-state index in [-0.39, 0.29) is 0 Å². The van der Waals surface area contributed by atoms with Gasteiger partial charge in [-0.15, -0.1) is 0 Å². The Morgan fingerprint density at radius 1 is 1.67 bits per heavy atom. The van der Waals surface area contributed by atoms with E-state index in [1.165, 1.54) is 19.0 Å². The molecule has 1 unspecified atom stereocenters. The lowest BCUT2D eigenvalue weighted by Gasteiger charge is -1.86. The monoisotopic (exact) mass is 122 g/mol. The Hall–Kier alpha value is 0.780. The number of hydrogen-bond donors (Lipinski definition) is 1. The standard InChI is InChI=1S/C4H11PS/c1-2-3-4-5-6/h5-6H,2-4H2,1H3. The molecule has 0 aromatic carbocycles. The summed E-state index contributed by atoms with van der Waals surface area (Å²) in [6, 6.07) is 0. The van der Waals surface area contributed by atoms with Gasteiger partial charge in [0, 0.05) is 0 Å². The molecule has 6 heavy (non-hydrogen) atoms. The van der Waals surface area contributed by atoms with Crippen LogP contribution >= 0.6 is 20.0 Å². The first-order valence-electron chi connectivity index (χ1n) is 2.28. The van der Waals surface area contributed by atoms with Crippen molar-refractivity contribution in [2.24, 2.45) is 0 Å². The molecule has 0 aromatic heterocycles. The van der Waals surface area contributed by atoms with E-state index in [1.54, 1.807) is 0 Å². The molecule has 0 nitrogen and oxygen atoms in total. The first kappa shape index (κ1) is 6.78. The van der Waals surface area contributed by atoms with Crippen molar-refractivity contribution in [1.82, 2.24) is 0 Å². The normalized spacial score (nSPS) is 11.0. The number of thiol groups is 1. The first-order valence-corrected chi connectivity index (χ1v) is 4.78. The van der Waals surface area contributed by atoms with E-state index in [9.17, 15) is 0 Å². The molecule has 0 saturated heterocycles. The largest absolute Gasteiger partial charge is 0.155 e. The topological polar surface area (TPSA) is 0 Å². The highest BCUT2D eigenvalue weighted by atomic mass is 32.7. The maximum absolute atomic E-state index is 4.08. The van der Waals surface area contributed by atoms with Crippen molar-refractivity contribution in [3.63, 3.8) is 0 Å². The Balaban J connectivity index is 2.34. The predicted molar refractivity (Wildman–Crippen MR) is 37.1 cm³/mol. The number of unbranched alkanes of at least 4 members (excludes halogenated alkanes) is 1. The summed E-state index contributed by atoms with van der Waals surface area (Å²) in [6.45, 7) is 2.20. The van der Waals surface area contributed by atoms with Gasteiger partial charge < -0.3 is 0 Å². The second-order valence-electron chi connectivity index (χ2n) is 1.26. The zero-order valence-corrected chi connectivity index (χ0v) is 5.96. The van der Waals surface area contributed by atoms with Crippen molar-refractivity contribution in [3.05, 3.63) is 0 Å². The van der Waals surface area contributed by atoms with Crippen LogP contribution in [0.1, 0.15) is 19.8 Å². The van der Waals surface area contributed by atoms with Crippen LogP contribution in [-0.2, 0) is 0 Å². The molecule has 0 radical (unpaired) electrons. The summed E-state index contributed by atoms with van der Waals surface area (Å²) in [4.78, 5) is 0. The van der Waals surface area contributed by atoms with E-state index < -0.39 is 0 Å². The summed E-state index contributed by atoms with van der Waals surface area (Å²) in [5.41, 5.74) is 0. The minimum atomic E-state index is 0.859. The molecule has 0 heterocycles. The second kappa shape index (κ2) is 5.78. The number of hydrogen-bond acceptors (Lipinski definition) is 1. The highest BCUT2D eigenvalue weighted by molar-refractivity contribution is 8.38. The molecule has 0 spiro atoms. The van der Waals surface area contributed by atoms with Crippen molar-refractivity contribution in [1.29, 1.82) is 0 Å². The third kappa shape index (κ3) is 4.78. The molecular weight excluding hydrogens is 111 g/mol. The summed E-state index contributed by atoms with van der Waals surface area (Å²) in [5, 5.41) is 0. The predicted octanol–water partition coefficient (Wildman–Crippen LogP) is 2.31. The van der Waals surface area contributed by atoms with Crippen LogP contribution in [0.2, 0.25) is 0 Å². The molecular formula is C4H11PS. The summed E-state index contributed by atoms with van der Waals surface area (Å²) in [7, 11) is 0.859. The third-order valence-electron chi connectivity index (χ3n) is 0.642. The van der Waals surface area contributed by atoms with Crippen LogP contribution in [0.3, 0.4) is 0 Å².